The molecule has 0 saturated carbocycles. The highest BCUT2D eigenvalue weighted by Gasteiger charge is 2.32. The number of nitrogens with one attached hydrogen (secondary N) is 1. The van der Waals surface area contributed by atoms with Gasteiger partial charge in [0, 0.05) is 17.7 Å². The van der Waals surface area contributed by atoms with E-state index in [2.05, 4.69) is 38.4 Å². The summed E-state index contributed by atoms with van der Waals surface area (Å²) < 4.78 is 7.62. The standard InChI is InChI=1S/C21H26N6O2/c1-14-6-7-18-15(11-14)12-17(21(28)22-18)19(26-8-2-3-9-26)20-23-24-25-27(20)13-16-5-4-10-29-16/h6-7,11-12,16,19H,2-5,8-10,13H2,1H3,(H,22,28)/t16-,19-/m1/s1. The van der Waals surface area contributed by atoms with Crippen LogP contribution in [0.1, 0.15) is 48.7 Å². The molecule has 0 unspecified atom stereocenters. The van der Waals surface area contributed by atoms with Crippen LogP contribution in [0.2, 0.25) is 0 Å². The molecule has 2 saturated heterocycles. The maximum atomic E-state index is 13.1. The van der Waals surface area contributed by atoms with Gasteiger partial charge >= 0.3 is 0 Å². The van der Waals surface area contributed by atoms with E-state index in [9.17, 15) is 4.79 Å². The van der Waals surface area contributed by atoms with E-state index in [1.165, 1.54) is 0 Å². The van der Waals surface area contributed by atoms with E-state index in [0.717, 1.165) is 67.7 Å². The van der Waals surface area contributed by atoms with Crippen molar-refractivity contribution in [1.29, 1.82) is 0 Å². The Kier molecular flexibility index (Phi) is 4.89. The monoisotopic (exact) mass is 394 g/mol. The van der Waals surface area contributed by atoms with Crippen LogP contribution < -0.4 is 5.56 Å². The Labute approximate surface area is 168 Å². The average Bonchev–Trinajstić information content (AvgIpc) is 3.47. The van der Waals surface area contributed by atoms with E-state index in [1.54, 1.807) is 0 Å². The molecule has 0 amide bonds. The maximum absolute atomic E-state index is 13.1. The summed E-state index contributed by atoms with van der Waals surface area (Å²) in [7, 11) is 0. The van der Waals surface area contributed by atoms with Gasteiger partial charge in [-0.2, -0.15) is 0 Å². The SMILES string of the molecule is Cc1ccc2[nH]c(=O)c([C@H](c3nnnn3C[C@H]3CCCO3)N3CCCC3)cc2c1. The van der Waals surface area contributed by atoms with Crippen LogP contribution in [-0.2, 0) is 11.3 Å². The van der Waals surface area contributed by atoms with Crippen LogP contribution in [0.4, 0.5) is 0 Å². The fourth-order valence-electron chi connectivity index (χ4n) is 4.56. The van der Waals surface area contributed by atoms with Gasteiger partial charge in [0.05, 0.1) is 12.6 Å². The van der Waals surface area contributed by atoms with E-state index in [0.29, 0.717) is 12.1 Å². The topological polar surface area (TPSA) is 88.9 Å². The molecule has 2 aromatic heterocycles. The Morgan fingerprint density at radius 2 is 2.10 bits per heavy atom. The first-order valence-corrected chi connectivity index (χ1v) is 10.4. The summed E-state index contributed by atoms with van der Waals surface area (Å²) in [6.45, 7) is 5.34. The number of H-pyrrole nitrogens is 1. The Morgan fingerprint density at radius 1 is 1.24 bits per heavy atom. The van der Waals surface area contributed by atoms with E-state index in [4.69, 9.17) is 4.74 Å². The molecule has 5 rings (SSSR count). The summed E-state index contributed by atoms with van der Waals surface area (Å²) in [6, 6.07) is 7.82. The van der Waals surface area contributed by atoms with Gasteiger partial charge in [0.2, 0.25) is 0 Å². The van der Waals surface area contributed by atoms with Crippen LogP contribution in [0.25, 0.3) is 10.9 Å². The van der Waals surface area contributed by atoms with Crippen molar-refractivity contribution in [2.45, 2.75) is 51.3 Å². The molecule has 8 nitrogen and oxygen atoms in total. The molecular weight excluding hydrogens is 368 g/mol. The lowest BCUT2D eigenvalue weighted by atomic mass is 10.0. The quantitative estimate of drug-likeness (QED) is 0.714. The molecule has 0 aliphatic carbocycles. The number of aromatic amines is 1. The third-order valence-corrected chi connectivity index (χ3v) is 6.03. The molecule has 0 bridgehead atoms. The molecule has 0 radical (unpaired) electrons. The third kappa shape index (κ3) is 3.58. The molecule has 2 aliphatic rings. The summed E-state index contributed by atoms with van der Waals surface area (Å²) >= 11 is 0. The fraction of sp³-hybridized carbons (Fsp3) is 0.524. The van der Waals surface area contributed by atoms with E-state index >= 15 is 0 Å². The molecule has 1 N–H and O–H groups in total. The van der Waals surface area contributed by atoms with Crippen LogP contribution in [0.3, 0.4) is 0 Å². The summed E-state index contributed by atoms with van der Waals surface area (Å²) in [5.41, 5.74) is 2.64. The number of hydrogen-bond acceptors (Lipinski definition) is 6. The molecule has 8 heteroatoms. The first-order valence-electron chi connectivity index (χ1n) is 10.4. The van der Waals surface area contributed by atoms with Gasteiger partial charge in [-0.15, -0.1) is 5.10 Å². The van der Waals surface area contributed by atoms with E-state index in [1.807, 2.05) is 22.9 Å². The largest absolute Gasteiger partial charge is 0.376 e. The van der Waals surface area contributed by atoms with Crippen LogP contribution >= 0.6 is 0 Å². The Morgan fingerprint density at radius 3 is 2.90 bits per heavy atom. The van der Waals surface area contributed by atoms with Crippen molar-refractivity contribution in [3.63, 3.8) is 0 Å². The second kappa shape index (κ2) is 7.68. The molecule has 4 heterocycles. The normalized spacial score (nSPS) is 21.2. The Hall–Kier alpha value is -2.58. The number of aryl methyl sites for hydroxylation is 1. The lowest BCUT2D eigenvalue weighted by Gasteiger charge is -2.27. The van der Waals surface area contributed by atoms with Crippen LogP contribution in [0.5, 0.6) is 0 Å². The zero-order chi connectivity index (χ0) is 19.8. The van der Waals surface area contributed by atoms with Crippen molar-refractivity contribution in [3.8, 4) is 0 Å². The highest BCUT2D eigenvalue weighted by atomic mass is 16.5. The van der Waals surface area contributed by atoms with Crippen molar-refractivity contribution in [1.82, 2.24) is 30.1 Å². The van der Waals surface area contributed by atoms with Gasteiger partial charge in [0.25, 0.3) is 5.56 Å². The number of likely N-dealkylation sites (tertiary alicyclic amines) is 1. The number of aromatic nitrogens is 5. The number of rotatable bonds is 5. The number of tetrazole rings is 1. The van der Waals surface area contributed by atoms with Crippen LogP contribution in [0.15, 0.2) is 29.1 Å². The number of fused-ring (bicyclic) bond motifs is 1. The van der Waals surface area contributed by atoms with Gasteiger partial charge in [-0.1, -0.05) is 11.6 Å². The van der Waals surface area contributed by atoms with Gasteiger partial charge in [-0.25, -0.2) is 4.68 Å². The van der Waals surface area contributed by atoms with Crippen molar-refractivity contribution in [2.75, 3.05) is 19.7 Å². The van der Waals surface area contributed by atoms with Gasteiger partial charge in [-0.3, -0.25) is 9.69 Å². The molecule has 0 spiro atoms. The molecule has 2 fully saturated rings. The number of benzene rings is 1. The summed E-state index contributed by atoms with van der Waals surface area (Å²) in [4.78, 5) is 18.5. The minimum atomic E-state index is -0.262. The highest BCUT2D eigenvalue weighted by Crippen LogP contribution is 2.30. The summed E-state index contributed by atoms with van der Waals surface area (Å²) in [5.74, 6) is 0.722. The summed E-state index contributed by atoms with van der Waals surface area (Å²) in [5, 5.41) is 13.6. The molecule has 152 valence electrons. The van der Waals surface area contributed by atoms with Crippen molar-refractivity contribution >= 4 is 10.9 Å². The minimum Gasteiger partial charge on any atom is -0.376 e. The van der Waals surface area contributed by atoms with E-state index in [-0.39, 0.29) is 17.7 Å². The highest BCUT2D eigenvalue weighted by molar-refractivity contribution is 5.79. The number of nitrogens with zero attached hydrogens (tertiary/aromatic N) is 5. The smallest absolute Gasteiger partial charge is 0.253 e. The third-order valence-electron chi connectivity index (χ3n) is 6.03. The van der Waals surface area contributed by atoms with Gasteiger partial charge in [-0.05, 0) is 79.7 Å². The average molecular weight is 394 g/mol. The van der Waals surface area contributed by atoms with Crippen molar-refractivity contribution in [3.05, 3.63) is 51.6 Å². The number of hydrogen-bond donors (Lipinski definition) is 1. The second-order valence-corrected chi connectivity index (χ2v) is 8.14. The Bertz CT molecular complexity index is 1060. The van der Waals surface area contributed by atoms with Gasteiger partial charge in [0.1, 0.15) is 6.04 Å². The molecule has 1 aromatic carbocycles. The van der Waals surface area contributed by atoms with Crippen LogP contribution in [-0.4, -0.2) is 55.9 Å². The van der Waals surface area contributed by atoms with E-state index < -0.39 is 0 Å². The molecule has 3 aromatic rings. The first-order chi connectivity index (χ1) is 14.2. The van der Waals surface area contributed by atoms with Crippen molar-refractivity contribution in [2.24, 2.45) is 0 Å². The second-order valence-electron chi connectivity index (χ2n) is 8.14. The molecule has 2 aliphatic heterocycles. The minimum absolute atomic E-state index is 0.0788. The van der Waals surface area contributed by atoms with Crippen molar-refractivity contribution < 1.29 is 4.74 Å². The number of ether oxygens (including phenoxy) is 1. The zero-order valence-electron chi connectivity index (χ0n) is 16.7. The Balaban J connectivity index is 1.60. The lowest BCUT2D eigenvalue weighted by Crippen LogP contribution is -2.34. The molecule has 29 heavy (non-hydrogen) atoms. The molecule has 2 atom stereocenters. The predicted molar refractivity (Wildman–Crippen MR) is 109 cm³/mol. The zero-order valence-corrected chi connectivity index (χ0v) is 16.7. The maximum Gasteiger partial charge on any atom is 0.253 e. The van der Waals surface area contributed by atoms with Gasteiger partial charge < -0.3 is 9.72 Å². The number of pyridine rings is 1. The summed E-state index contributed by atoms with van der Waals surface area (Å²) in [6.07, 6.45) is 4.46. The first kappa shape index (κ1) is 18.4. The fourth-order valence-corrected chi connectivity index (χ4v) is 4.56. The van der Waals surface area contributed by atoms with Crippen LogP contribution in [0, 0.1) is 6.92 Å². The lowest BCUT2D eigenvalue weighted by molar-refractivity contribution is 0.0912. The van der Waals surface area contributed by atoms with Gasteiger partial charge in [0.15, 0.2) is 5.82 Å². The predicted octanol–water partition coefficient (Wildman–Crippen LogP) is 2.19. The molecular formula is C21H26N6O2.